The summed E-state index contributed by atoms with van der Waals surface area (Å²) < 4.78 is 53.9. The Morgan fingerprint density at radius 2 is 1.94 bits per heavy atom. The molecular formula is C21H17F4N5S. The number of aromatic nitrogens is 4. The van der Waals surface area contributed by atoms with Crippen molar-refractivity contribution in [3.05, 3.63) is 77.3 Å². The van der Waals surface area contributed by atoms with E-state index in [0.717, 1.165) is 40.0 Å². The van der Waals surface area contributed by atoms with Crippen LogP contribution in [-0.2, 0) is 19.1 Å². The number of pyridine rings is 3. The highest BCUT2D eigenvalue weighted by Gasteiger charge is 2.33. The molecule has 0 amide bonds. The van der Waals surface area contributed by atoms with Gasteiger partial charge < -0.3 is 10.3 Å². The normalized spacial score (nSPS) is 11.8. The van der Waals surface area contributed by atoms with E-state index in [2.05, 4.69) is 25.3 Å². The molecule has 4 aromatic rings. The number of nitrogens with zero attached hydrogens (tertiary/aromatic N) is 3. The highest BCUT2D eigenvalue weighted by atomic mass is 32.2. The molecule has 31 heavy (non-hydrogen) atoms. The van der Waals surface area contributed by atoms with Crippen LogP contribution in [0, 0.1) is 5.95 Å². The molecule has 0 atom stereocenters. The Morgan fingerprint density at radius 1 is 1.10 bits per heavy atom. The van der Waals surface area contributed by atoms with Crippen LogP contribution in [0.1, 0.15) is 22.3 Å². The van der Waals surface area contributed by atoms with Crippen LogP contribution in [-0.4, -0.2) is 26.2 Å². The first-order chi connectivity index (χ1) is 14.8. The first kappa shape index (κ1) is 21.1. The van der Waals surface area contributed by atoms with Crippen LogP contribution in [0.4, 0.5) is 23.4 Å². The third kappa shape index (κ3) is 4.63. The predicted octanol–water partition coefficient (Wildman–Crippen LogP) is 5.44. The number of H-pyrrole nitrogens is 1. The van der Waals surface area contributed by atoms with E-state index >= 15 is 0 Å². The minimum absolute atomic E-state index is 0.0443. The number of anilines is 1. The predicted molar refractivity (Wildman–Crippen MR) is 111 cm³/mol. The molecule has 2 N–H and O–H groups in total. The molecule has 0 bridgehead atoms. The lowest BCUT2D eigenvalue weighted by Gasteiger charge is -2.13. The van der Waals surface area contributed by atoms with E-state index in [1.165, 1.54) is 0 Å². The molecule has 160 valence electrons. The maximum Gasteiger partial charge on any atom is 0.416 e. The van der Waals surface area contributed by atoms with Gasteiger partial charge in [0.2, 0.25) is 5.95 Å². The number of fused-ring (bicyclic) bond motifs is 1. The first-order valence-electron chi connectivity index (χ1n) is 9.24. The van der Waals surface area contributed by atoms with E-state index < -0.39 is 17.7 Å². The zero-order valence-electron chi connectivity index (χ0n) is 16.3. The Hall–Kier alpha value is -3.14. The van der Waals surface area contributed by atoms with Gasteiger partial charge in [0.05, 0.1) is 5.56 Å². The minimum atomic E-state index is -4.49. The van der Waals surface area contributed by atoms with Crippen molar-refractivity contribution in [3.8, 4) is 0 Å². The zero-order valence-corrected chi connectivity index (χ0v) is 17.1. The van der Waals surface area contributed by atoms with Crippen LogP contribution >= 0.6 is 11.8 Å². The van der Waals surface area contributed by atoms with Gasteiger partial charge in [-0.3, -0.25) is 4.98 Å². The van der Waals surface area contributed by atoms with E-state index in [4.69, 9.17) is 0 Å². The summed E-state index contributed by atoms with van der Waals surface area (Å²) in [5.41, 5.74) is 1.14. The molecule has 0 aliphatic heterocycles. The molecule has 0 saturated carbocycles. The van der Waals surface area contributed by atoms with Gasteiger partial charge >= 0.3 is 6.18 Å². The summed E-state index contributed by atoms with van der Waals surface area (Å²) in [6.45, 7) is -0.181. The largest absolute Gasteiger partial charge is 0.416 e. The van der Waals surface area contributed by atoms with Crippen molar-refractivity contribution in [1.82, 2.24) is 19.9 Å². The summed E-state index contributed by atoms with van der Waals surface area (Å²) in [5.74, 6) is -0.543. The number of nitrogens with one attached hydrogen (secondary N) is 2. The zero-order chi connectivity index (χ0) is 22.0. The van der Waals surface area contributed by atoms with E-state index in [1.807, 2.05) is 12.3 Å². The molecule has 5 nitrogen and oxygen atoms in total. The van der Waals surface area contributed by atoms with Gasteiger partial charge in [0.15, 0.2) is 0 Å². The van der Waals surface area contributed by atoms with Gasteiger partial charge in [-0.1, -0.05) is 6.07 Å². The smallest absolute Gasteiger partial charge is 0.366 e. The standard InChI is InChI=1S/C21H17F4N5S/c1-31-15-7-16-13(9-28-20(16)29-11-15)6-12-2-3-18(30-19(12)22)27-10-14-8-26-5-4-17(14)21(23,24)25/h2-5,7-9,11H,6,10H2,1H3,(H,27,30)(H,28,29). The Labute approximate surface area is 179 Å². The van der Waals surface area contributed by atoms with Crippen molar-refractivity contribution in [2.45, 2.75) is 24.0 Å². The third-order valence-corrected chi connectivity index (χ3v) is 5.50. The summed E-state index contributed by atoms with van der Waals surface area (Å²) in [6, 6.07) is 6.02. The summed E-state index contributed by atoms with van der Waals surface area (Å²) in [4.78, 5) is 16.0. The van der Waals surface area contributed by atoms with Gasteiger partial charge in [0.25, 0.3) is 0 Å². The molecule has 0 aliphatic carbocycles. The minimum Gasteiger partial charge on any atom is -0.366 e. The number of thioether (sulfide) groups is 1. The van der Waals surface area contributed by atoms with Crippen molar-refractivity contribution in [2.24, 2.45) is 0 Å². The SMILES string of the molecule is CSc1cnc2[nH]cc(Cc3ccc(NCc4cnccc4C(F)(F)F)nc3F)c2c1. The van der Waals surface area contributed by atoms with Crippen molar-refractivity contribution >= 4 is 28.6 Å². The van der Waals surface area contributed by atoms with Gasteiger partial charge in [0, 0.05) is 59.2 Å². The van der Waals surface area contributed by atoms with Crippen molar-refractivity contribution in [2.75, 3.05) is 11.6 Å². The highest BCUT2D eigenvalue weighted by Crippen LogP contribution is 2.31. The molecule has 0 spiro atoms. The van der Waals surface area contributed by atoms with Gasteiger partial charge in [-0.05, 0) is 30.0 Å². The van der Waals surface area contributed by atoms with Crippen LogP contribution < -0.4 is 5.32 Å². The topological polar surface area (TPSA) is 66.5 Å². The quantitative estimate of drug-likeness (QED) is 0.234. The fourth-order valence-corrected chi connectivity index (χ4v) is 3.62. The number of hydrogen-bond acceptors (Lipinski definition) is 5. The maximum absolute atomic E-state index is 14.6. The third-order valence-electron chi connectivity index (χ3n) is 4.80. The van der Waals surface area contributed by atoms with E-state index in [-0.39, 0.29) is 17.9 Å². The second-order valence-corrected chi connectivity index (χ2v) is 7.67. The van der Waals surface area contributed by atoms with E-state index in [1.54, 1.807) is 36.3 Å². The molecule has 0 fully saturated rings. The van der Waals surface area contributed by atoms with Crippen LogP contribution in [0.2, 0.25) is 0 Å². The second kappa shape index (κ2) is 8.54. The molecule has 0 aliphatic rings. The van der Waals surface area contributed by atoms with Crippen LogP contribution in [0.3, 0.4) is 0 Å². The van der Waals surface area contributed by atoms with Crippen LogP contribution in [0.25, 0.3) is 11.0 Å². The molecule has 0 radical (unpaired) electrons. The Balaban J connectivity index is 1.51. The van der Waals surface area contributed by atoms with Gasteiger partial charge in [0.1, 0.15) is 11.5 Å². The van der Waals surface area contributed by atoms with Gasteiger partial charge in [-0.15, -0.1) is 11.8 Å². The van der Waals surface area contributed by atoms with Crippen LogP contribution in [0.15, 0.2) is 53.9 Å². The number of rotatable bonds is 6. The molecule has 0 aromatic carbocycles. The van der Waals surface area contributed by atoms with Crippen LogP contribution in [0.5, 0.6) is 0 Å². The first-order valence-corrected chi connectivity index (χ1v) is 10.5. The lowest BCUT2D eigenvalue weighted by Crippen LogP contribution is -2.13. The van der Waals surface area contributed by atoms with Gasteiger partial charge in [-0.25, -0.2) is 9.97 Å². The summed E-state index contributed by atoms with van der Waals surface area (Å²) >= 11 is 1.57. The molecule has 0 unspecified atom stereocenters. The lowest BCUT2D eigenvalue weighted by atomic mass is 10.1. The highest BCUT2D eigenvalue weighted by molar-refractivity contribution is 7.98. The van der Waals surface area contributed by atoms with Crippen molar-refractivity contribution in [1.29, 1.82) is 0 Å². The molecular weight excluding hydrogens is 430 g/mol. The second-order valence-electron chi connectivity index (χ2n) is 6.79. The number of aromatic amines is 1. The number of halogens is 4. The summed E-state index contributed by atoms with van der Waals surface area (Å²) in [7, 11) is 0. The fourth-order valence-electron chi connectivity index (χ4n) is 3.23. The molecule has 4 rings (SSSR count). The molecule has 0 saturated heterocycles. The average Bonchev–Trinajstić information content (AvgIpc) is 3.15. The lowest BCUT2D eigenvalue weighted by molar-refractivity contribution is -0.138. The Bertz CT molecular complexity index is 1220. The molecule has 10 heteroatoms. The molecule has 4 heterocycles. The monoisotopic (exact) mass is 447 g/mol. The van der Waals surface area contributed by atoms with Crippen molar-refractivity contribution < 1.29 is 17.6 Å². The number of alkyl halides is 3. The van der Waals surface area contributed by atoms with Gasteiger partial charge in [-0.2, -0.15) is 17.6 Å². The van der Waals surface area contributed by atoms with Crippen molar-refractivity contribution in [3.63, 3.8) is 0 Å². The molecule has 4 aromatic heterocycles. The maximum atomic E-state index is 14.6. The summed E-state index contributed by atoms with van der Waals surface area (Å²) in [6.07, 6.45) is 3.53. The Kier molecular flexibility index (Phi) is 5.81. The summed E-state index contributed by atoms with van der Waals surface area (Å²) in [5, 5.41) is 3.64. The van der Waals surface area contributed by atoms with E-state index in [0.29, 0.717) is 12.0 Å². The average molecular weight is 447 g/mol. The fraction of sp³-hybridized carbons (Fsp3) is 0.190. The van der Waals surface area contributed by atoms with E-state index in [9.17, 15) is 17.6 Å². The number of hydrogen-bond donors (Lipinski definition) is 2. The Morgan fingerprint density at radius 3 is 2.68 bits per heavy atom.